The summed E-state index contributed by atoms with van der Waals surface area (Å²) in [4.78, 5) is 12.6. The molecule has 0 heterocycles. The van der Waals surface area contributed by atoms with Gasteiger partial charge in [0.2, 0.25) is 0 Å². The van der Waals surface area contributed by atoms with Crippen molar-refractivity contribution < 1.29 is 35.3 Å². The van der Waals surface area contributed by atoms with Crippen molar-refractivity contribution in [2.75, 3.05) is 0 Å². The molecule has 0 amide bonds. The fourth-order valence-electron chi connectivity index (χ4n) is 2.38. The number of alkyl halides is 3. The summed E-state index contributed by atoms with van der Waals surface area (Å²) >= 11 is 0. The Morgan fingerprint density at radius 1 is 0.893 bits per heavy atom. The molecular formula is C19H19F3O5S. The summed E-state index contributed by atoms with van der Waals surface area (Å²) in [6.07, 6.45) is -2.88. The van der Waals surface area contributed by atoms with Gasteiger partial charge in [-0.05, 0) is 17.0 Å². The Hall–Kier alpha value is -2.39. The number of benzene rings is 2. The average molecular weight is 416 g/mol. The maximum Gasteiger partial charge on any atom is 0.523 e. The van der Waals surface area contributed by atoms with Crippen LogP contribution in [0.4, 0.5) is 13.2 Å². The number of halogens is 3. The smallest absolute Gasteiger partial charge is 0.451 e. The maximum atomic E-state index is 12.6. The molecule has 1 atom stereocenters. The summed E-state index contributed by atoms with van der Waals surface area (Å²) < 4.78 is 70.2. The molecule has 2 aromatic rings. The normalized spacial score (nSPS) is 13.5. The van der Waals surface area contributed by atoms with Gasteiger partial charge in [-0.3, -0.25) is 0 Å². The Balaban J connectivity index is 2.33. The highest BCUT2D eigenvalue weighted by Gasteiger charge is 2.50. The van der Waals surface area contributed by atoms with Gasteiger partial charge in [0.15, 0.2) is 12.2 Å². The second-order valence-electron chi connectivity index (χ2n) is 6.30. The molecule has 2 rings (SSSR count). The van der Waals surface area contributed by atoms with Crippen LogP contribution in [0, 0.1) is 5.92 Å². The number of hydrogen-bond donors (Lipinski definition) is 0. The molecule has 0 bridgehead atoms. The molecule has 0 aromatic heterocycles. The molecule has 0 saturated heterocycles. The number of esters is 1. The summed E-state index contributed by atoms with van der Waals surface area (Å²) in [5.41, 5.74) is -4.50. The molecule has 0 N–H and O–H groups in total. The minimum absolute atomic E-state index is 0.572. The Labute approximate surface area is 161 Å². The van der Waals surface area contributed by atoms with E-state index in [9.17, 15) is 26.4 Å². The maximum absolute atomic E-state index is 12.6. The van der Waals surface area contributed by atoms with Gasteiger partial charge in [0, 0.05) is 0 Å². The van der Waals surface area contributed by atoms with Crippen molar-refractivity contribution in [3.05, 3.63) is 71.8 Å². The molecule has 0 radical (unpaired) electrons. The molecule has 0 spiro atoms. The van der Waals surface area contributed by atoms with E-state index in [1.54, 1.807) is 60.7 Å². The number of hydrogen-bond acceptors (Lipinski definition) is 5. The zero-order valence-corrected chi connectivity index (χ0v) is 15.9. The number of carbonyl (C=O) groups excluding carboxylic acids is 1. The summed E-state index contributed by atoms with van der Waals surface area (Å²) in [6, 6.07) is 17.1. The standard InChI is InChI=1S/C19H19F3O5S/c1-13(2)16(27-28(24,25)19(20,21)22)18(23)26-17(14-9-5-3-6-10-14)15-11-7-4-8-12-15/h3-13,16-17H,1-2H3/t16-/m0/s1. The van der Waals surface area contributed by atoms with Crippen LogP contribution in [0.2, 0.25) is 0 Å². The van der Waals surface area contributed by atoms with Crippen LogP contribution in [-0.2, 0) is 23.8 Å². The van der Waals surface area contributed by atoms with Crippen LogP contribution < -0.4 is 0 Å². The van der Waals surface area contributed by atoms with Crippen LogP contribution >= 0.6 is 0 Å². The molecule has 2 aromatic carbocycles. The van der Waals surface area contributed by atoms with Crippen molar-refractivity contribution in [1.82, 2.24) is 0 Å². The van der Waals surface area contributed by atoms with Gasteiger partial charge in [0.25, 0.3) is 0 Å². The molecule has 0 saturated carbocycles. The van der Waals surface area contributed by atoms with E-state index in [-0.39, 0.29) is 0 Å². The molecule has 0 unspecified atom stereocenters. The Morgan fingerprint density at radius 3 is 1.68 bits per heavy atom. The lowest BCUT2D eigenvalue weighted by molar-refractivity contribution is -0.158. The van der Waals surface area contributed by atoms with Gasteiger partial charge < -0.3 is 4.74 Å². The zero-order valence-electron chi connectivity index (χ0n) is 15.1. The van der Waals surface area contributed by atoms with E-state index in [2.05, 4.69) is 4.18 Å². The van der Waals surface area contributed by atoms with Gasteiger partial charge in [-0.15, -0.1) is 0 Å². The van der Waals surface area contributed by atoms with Crippen LogP contribution in [0.25, 0.3) is 0 Å². The van der Waals surface area contributed by atoms with Gasteiger partial charge in [0.05, 0.1) is 0 Å². The minimum atomic E-state index is -5.95. The second-order valence-corrected chi connectivity index (χ2v) is 7.86. The molecule has 28 heavy (non-hydrogen) atoms. The van der Waals surface area contributed by atoms with Crippen molar-refractivity contribution in [3.8, 4) is 0 Å². The zero-order chi connectivity index (χ0) is 20.9. The van der Waals surface area contributed by atoms with Gasteiger partial charge in [-0.1, -0.05) is 74.5 Å². The van der Waals surface area contributed by atoms with Crippen molar-refractivity contribution >= 4 is 16.1 Å². The van der Waals surface area contributed by atoms with Crippen molar-refractivity contribution in [2.45, 2.75) is 31.6 Å². The highest BCUT2D eigenvalue weighted by molar-refractivity contribution is 7.87. The largest absolute Gasteiger partial charge is 0.523 e. The quantitative estimate of drug-likeness (QED) is 0.384. The van der Waals surface area contributed by atoms with Gasteiger partial charge in [0.1, 0.15) is 0 Å². The van der Waals surface area contributed by atoms with Crippen molar-refractivity contribution in [3.63, 3.8) is 0 Å². The van der Waals surface area contributed by atoms with Crippen LogP contribution in [0.3, 0.4) is 0 Å². The summed E-state index contributed by atoms with van der Waals surface area (Å²) in [5, 5.41) is 0. The lowest BCUT2D eigenvalue weighted by Crippen LogP contribution is -2.38. The third kappa shape index (κ3) is 5.32. The van der Waals surface area contributed by atoms with Gasteiger partial charge in [-0.2, -0.15) is 21.6 Å². The monoisotopic (exact) mass is 416 g/mol. The van der Waals surface area contributed by atoms with E-state index in [4.69, 9.17) is 4.74 Å². The molecule has 5 nitrogen and oxygen atoms in total. The predicted octanol–water partition coefficient (Wildman–Crippen LogP) is 4.21. The number of ether oxygens (including phenoxy) is 1. The first-order valence-corrected chi connectivity index (χ1v) is 9.73. The van der Waals surface area contributed by atoms with Gasteiger partial charge in [-0.25, -0.2) is 8.98 Å². The van der Waals surface area contributed by atoms with Gasteiger partial charge >= 0.3 is 21.6 Å². The Kier molecular flexibility index (Phi) is 6.84. The van der Waals surface area contributed by atoms with Crippen LogP contribution in [0.15, 0.2) is 60.7 Å². The minimum Gasteiger partial charge on any atom is -0.451 e. The average Bonchev–Trinajstić information content (AvgIpc) is 2.64. The first-order chi connectivity index (χ1) is 13.0. The predicted molar refractivity (Wildman–Crippen MR) is 95.5 cm³/mol. The molecule has 9 heteroatoms. The van der Waals surface area contributed by atoms with Crippen LogP contribution in [0.5, 0.6) is 0 Å². The first-order valence-electron chi connectivity index (χ1n) is 8.33. The van der Waals surface area contributed by atoms with E-state index >= 15 is 0 Å². The lowest BCUT2D eigenvalue weighted by atomic mass is 10.0. The summed E-state index contributed by atoms with van der Waals surface area (Å²) in [5.74, 6) is -2.09. The Morgan fingerprint density at radius 2 is 1.32 bits per heavy atom. The number of carbonyl (C=O) groups is 1. The SMILES string of the molecule is CC(C)[C@H](OS(=O)(=O)C(F)(F)F)C(=O)OC(c1ccccc1)c1ccccc1. The molecule has 0 aliphatic heterocycles. The summed E-state index contributed by atoms with van der Waals surface area (Å²) in [7, 11) is -5.95. The highest BCUT2D eigenvalue weighted by atomic mass is 32.2. The first kappa shape index (κ1) is 21.9. The van der Waals surface area contributed by atoms with E-state index in [1.807, 2.05) is 0 Å². The lowest BCUT2D eigenvalue weighted by Gasteiger charge is -2.24. The van der Waals surface area contributed by atoms with E-state index in [1.165, 1.54) is 13.8 Å². The summed E-state index contributed by atoms with van der Waals surface area (Å²) in [6.45, 7) is 2.72. The third-order valence-corrected chi connectivity index (χ3v) is 4.82. The molecule has 152 valence electrons. The van der Waals surface area contributed by atoms with Crippen molar-refractivity contribution in [1.29, 1.82) is 0 Å². The van der Waals surface area contributed by atoms with Crippen molar-refractivity contribution in [2.24, 2.45) is 5.92 Å². The molecule has 0 fully saturated rings. The molecular weight excluding hydrogens is 397 g/mol. The Bertz CT molecular complexity index is 841. The second kappa shape index (κ2) is 8.74. The van der Waals surface area contributed by atoms with E-state index < -0.39 is 39.7 Å². The third-order valence-electron chi connectivity index (χ3n) is 3.79. The fraction of sp³-hybridized carbons (Fsp3) is 0.316. The fourth-order valence-corrected chi connectivity index (χ4v) is 3.06. The topological polar surface area (TPSA) is 69.7 Å². The molecule has 0 aliphatic rings. The van der Waals surface area contributed by atoms with E-state index in [0.29, 0.717) is 11.1 Å². The van der Waals surface area contributed by atoms with E-state index in [0.717, 1.165) is 0 Å². The van der Waals surface area contributed by atoms with Crippen LogP contribution in [-0.4, -0.2) is 26.0 Å². The molecule has 0 aliphatic carbocycles. The van der Waals surface area contributed by atoms with Crippen LogP contribution in [0.1, 0.15) is 31.1 Å². The number of rotatable bonds is 7. The highest BCUT2D eigenvalue weighted by Crippen LogP contribution is 2.30.